The minimum Gasteiger partial charge on any atom is -0.497 e. The smallest absolute Gasteiger partial charge is 0.338 e. The molecule has 1 N–H and O–H groups in total. The van der Waals surface area contributed by atoms with Gasteiger partial charge in [-0.25, -0.2) is 4.79 Å². The van der Waals surface area contributed by atoms with Crippen LogP contribution < -0.4 is 14.8 Å². The number of esters is 1. The van der Waals surface area contributed by atoms with Crippen molar-refractivity contribution < 1.29 is 28.5 Å². The Hall–Kier alpha value is -3.06. The Kier molecular flexibility index (Phi) is 6.86. The Balaban J connectivity index is 1.44. The van der Waals surface area contributed by atoms with Crippen LogP contribution in [0.25, 0.3) is 0 Å². The van der Waals surface area contributed by atoms with Crippen molar-refractivity contribution in [2.24, 2.45) is 0 Å². The molecule has 0 radical (unpaired) electrons. The van der Waals surface area contributed by atoms with Gasteiger partial charge < -0.3 is 24.3 Å². The molecule has 0 spiro atoms. The minimum absolute atomic E-state index is 0.132. The van der Waals surface area contributed by atoms with E-state index in [0.717, 1.165) is 19.4 Å². The SMILES string of the molecule is COc1cccc(NC(=O)COC(=O)c2ccc(OC[C@H]3CCCO3)cc2)c1. The second-order valence-electron chi connectivity index (χ2n) is 6.33. The molecule has 7 nitrogen and oxygen atoms in total. The summed E-state index contributed by atoms with van der Waals surface area (Å²) in [6.45, 7) is 0.895. The lowest BCUT2D eigenvalue weighted by atomic mass is 10.2. The molecule has 3 rings (SSSR count). The molecule has 1 amide bonds. The number of rotatable bonds is 8. The number of hydrogen-bond acceptors (Lipinski definition) is 6. The van der Waals surface area contributed by atoms with E-state index in [4.69, 9.17) is 18.9 Å². The van der Waals surface area contributed by atoms with Crippen LogP contribution in [-0.4, -0.2) is 44.9 Å². The van der Waals surface area contributed by atoms with Crippen LogP contribution in [0.5, 0.6) is 11.5 Å². The van der Waals surface area contributed by atoms with Gasteiger partial charge in [0, 0.05) is 18.4 Å². The molecule has 1 heterocycles. The van der Waals surface area contributed by atoms with Crippen molar-refractivity contribution in [3.05, 3.63) is 54.1 Å². The molecule has 148 valence electrons. The van der Waals surface area contributed by atoms with Crippen molar-refractivity contribution in [2.45, 2.75) is 18.9 Å². The quantitative estimate of drug-likeness (QED) is 0.704. The fourth-order valence-corrected chi connectivity index (χ4v) is 2.76. The topological polar surface area (TPSA) is 83.1 Å². The Morgan fingerprint density at radius 2 is 1.96 bits per heavy atom. The van der Waals surface area contributed by atoms with E-state index in [1.165, 1.54) is 0 Å². The summed E-state index contributed by atoms with van der Waals surface area (Å²) in [7, 11) is 1.54. The van der Waals surface area contributed by atoms with E-state index in [1.807, 2.05) is 0 Å². The largest absolute Gasteiger partial charge is 0.497 e. The van der Waals surface area contributed by atoms with Gasteiger partial charge in [-0.3, -0.25) is 4.79 Å². The third kappa shape index (κ3) is 5.72. The third-order valence-corrected chi connectivity index (χ3v) is 4.24. The highest BCUT2D eigenvalue weighted by atomic mass is 16.5. The van der Waals surface area contributed by atoms with Gasteiger partial charge in [0.05, 0.1) is 18.8 Å². The minimum atomic E-state index is -0.577. The van der Waals surface area contributed by atoms with Crippen molar-refractivity contribution in [1.29, 1.82) is 0 Å². The molecule has 1 atom stereocenters. The van der Waals surface area contributed by atoms with Gasteiger partial charge in [-0.1, -0.05) is 6.07 Å². The Morgan fingerprint density at radius 3 is 2.68 bits per heavy atom. The first-order chi connectivity index (χ1) is 13.6. The highest BCUT2D eigenvalue weighted by molar-refractivity contribution is 5.95. The van der Waals surface area contributed by atoms with E-state index in [-0.39, 0.29) is 12.7 Å². The summed E-state index contributed by atoms with van der Waals surface area (Å²) in [5, 5.41) is 2.65. The molecule has 1 aliphatic heterocycles. The van der Waals surface area contributed by atoms with Gasteiger partial charge in [-0.2, -0.15) is 0 Å². The second-order valence-corrected chi connectivity index (χ2v) is 6.33. The molecule has 1 saturated heterocycles. The molecule has 0 unspecified atom stereocenters. The standard InChI is InChI=1S/C21H23NO6/c1-25-18-5-2-4-16(12-18)22-20(23)14-28-21(24)15-7-9-17(10-8-15)27-13-19-6-3-11-26-19/h2,4-5,7-10,12,19H,3,6,11,13-14H2,1H3,(H,22,23)/t19-/m1/s1. The molecule has 1 aliphatic rings. The van der Waals surface area contributed by atoms with E-state index in [1.54, 1.807) is 55.6 Å². The molecule has 0 aliphatic carbocycles. The molecule has 28 heavy (non-hydrogen) atoms. The van der Waals surface area contributed by atoms with Crippen LogP contribution in [0.3, 0.4) is 0 Å². The van der Waals surface area contributed by atoms with E-state index in [9.17, 15) is 9.59 Å². The van der Waals surface area contributed by atoms with Crippen LogP contribution in [0.15, 0.2) is 48.5 Å². The van der Waals surface area contributed by atoms with Crippen molar-refractivity contribution in [3.8, 4) is 11.5 Å². The first-order valence-corrected chi connectivity index (χ1v) is 9.09. The number of benzene rings is 2. The zero-order chi connectivity index (χ0) is 19.8. The summed E-state index contributed by atoms with van der Waals surface area (Å²) >= 11 is 0. The zero-order valence-electron chi connectivity index (χ0n) is 15.7. The van der Waals surface area contributed by atoms with Crippen LogP contribution in [-0.2, 0) is 14.3 Å². The van der Waals surface area contributed by atoms with Gasteiger partial charge in [0.1, 0.15) is 18.1 Å². The fraction of sp³-hybridized carbons (Fsp3) is 0.333. The normalized spacial score (nSPS) is 15.7. The van der Waals surface area contributed by atoms with Crippen LogP contribution in [0.1, 0.15) is 23.2 Å². The lowest BCUT2D eigenvalue weighted by Crippen LogP contribution is -2.21. The highest BCUT2D eigenvalue weighted by Gasteiger charge is 2.16. The van der Waals surface area contributed by atoms with E-state index >= 15 is 0 Å². The van der Waals surface area contributed by atoms with Crippen molar-refractivity contribution >= 4 is 17.6 Å². The summed E-state index contributed by atoms with van der Waals surface area (Å²) in [5.41, 5.74) is 0.909. The van der Waals surface area contributed by atoms with Crippen LogP contribution in [0.2, 0.25) is 0 Å². The molecule has 7 heteroatoms. The average molecular weight is 385 g/mol. The number of amides is 1. The number of hydrogen-bond donors (Lipinski definition) is 1. The van der Waals surface area contributed by atoms with Gasteiger partial charge in [-0.15, -0.1) is 0 Å². The number of nitrogens with one attached hydrogen (secondary N) is 1. The maximum Gasteiger partial charge on any atom is 0.338 e. The van der Waals surface area contributed by atoms with E-state index in [2.05, 4.69) is 5.32 Å². The van der Waals surface area contributed by atoms with Gasteiger partial charge in [-0.05, 0) is 49.2 Å². The number of carbonyl (C=O) groups is 2. The fourth-order valence-electron chi connectivity index (χ4n) is 2.76. The van der Waals surface area contributed by atoms with Crippen LogP contribution >= 0.6 is 0 Å². The van der Waals surface area contributed by atoms with E-state index in [0.29, 0.717) is 29.4 Å². The number of carbonyl (C=O) groups excluding carboxylic acids is 2. The molecule has 0 bridgehead atoms. The summed E-state index contributed by atoms with van der Waals surface area (Å²) in [4.78, 5) is 24.0. The molecular weight excluding hydrogens is 362 g/mol. The average Bonchev–Trinajstić information content (AvgIpc) is 3.24. The Morgan fingerprint density at radius 1 is 1.14 bits per heavy atom. The predicted octanol–water partition coefficient (Wildman–Crippen LogP) is 3.05. The zero-order valence-corrected chi connectivity index (χ0v) is 15.7. The Labute approximate surface area is 163 Å². The first-order valence-electron chi connectivity index (χ1n) is 9.09. The third-order valence-electron chi connectivity index (χ3n) is 4.24. The molecule has 2 aromatic carbocycles. The molecule has 0 aromatic heterocycles. The highest BCUT2D eigenvalue weighted by Crippen LogP contribution is 2.18. The van der Waals surface area contributed by atoms with Crippen molar-refractivity contribution in [3.63, 3.8) is 0 Å². The Bertz CT molecular complexity index is 799. The van der Waals surface area contributed by atoms with Gasteiger partial charge >= 0.3 is 5.97 Å². The maximum atomic E-state index is 12.1. The number of methoxy groups -OCH3 is 1. The lowest BCUT2D eigenvalue weighted by molar-refractivity contribution is -0.119. The molecule has 2 aromatic rings. The summed E-state index contributed by atoms with van der Waals surface area (Å²) < 4.78 is 21.3. The van der Waals surface area contributed by atoms with Crippen molar-refractivity contribution in [2.75, 3.05) is 32.2 Å². The molecule has 0 saturated carbocycles. The molecular formula is C21H23NO6. The van der Waals surface area contributed by atoms with Crippen LogP contribution in [0, 0.1) is 0 Å². The van der Waals surface area contributed by atoms with E-state index < -0.39 is 11.9 Å². The van der Waals surface area contributed by atoms with Gasteiger partial charge in [0.25, 0.3) is 5.91 Å². The summed E-state index contributed by atoms with van der Waals surface area (Å²) in [5.74, 6) is 0.268. The second kappa shape index (κ2) is 9.75. The summed E-state index contributed by atoms with van der Waals surface area (Å²) in [6, 6.07) is 13.5. The number of ether oxygens (including phenoxy) is 4. The lowest BCUT2D eigenvalue weighted by Gasteiger charge is -2.11. The van der Waals surface area contributed by atoms with Crippen molar-refractivity contribution in [1.82, 2.24) is 0 Å². The first kappa shape index (κ1) is 19.7. The van der Waals surface area contributed by atoms with Gasteiger partial charge in [0.15, 0.2) is 6.61 Å². The maximum absolute atomic E-state index is 12.1. The summed E-state index contributed by atoms with van der Waals surface area (Å²) in [6.07, 6.45) is 2.19. The van der Waals surface area contributed by atoms with Crippen LogP contribution in [0.4, 0.5) is 5.69 Å². The van der Waals surface area contributed by atoms with Gasteiger partial charge in [0.2, 0.25) is 0 Å². The number of anilines is 1. The molecule has 1 fully saturated rings. The predicted molar refractivity (Wildman–Crippen MR) is 103 cm³/mol. The monoisotopic (exact) mass is 385 g/mol.